The smallest absolute Gasteiger partial charge is 0.407 e. The number of nitrogens with zero attached hydrogens (tertiary/aromatic N) is 2. The van der Waals surface area contributed by atoms with E-state index in [-0.39, 0.29) is 30.8 Å². The number of para-hydroxylation sites is 1. The summed E-state index contributed by atoms with van der Waals surface area (Å²) in [6.07, 6.45) is 0.0869. The molecular formula is C30H31N3O5. The van der Waals surface area contributed by atoms with E-state index in [1.54, 1.807) is 18.2 Å². The molecule has 2 amide bonds. The van der Waals surface area contributed by atoms with Crippen molar-refractivity contribution in [1.29, 1.82) is 0 Å². The Bertz CT molecular complexity index is 1370. The van der Waals surface area contributed by atoms with Crippen molar-refractivity contribution in [1.82, 2.24) is 5.32 Å². The monoisotopic (exact) mass is 513 g/mol. The van der Waals surface area contributed by atoms with Crippen LogP contribution in [-0.2, 0) is 29.0 Å². The largest absolute Gasteiger partial charge is 0.478 e. The van der Waals surface area contributed by atoms with E-state index >= 15 is 0 Å². The number of nitrogens with one attached hydrogen (secondary N) is 1. The summed E-state index contributed by atoms with van der Waals surface area (Å²) in [5, 5.41) is 12.4. The lowest BCUT2D eigenvalue weighted by molar-refractivity contribution is -0.118. The molecule has 3 aromatic carbocycles. The Morgan fingerprint density at radius 3 is 2.50 bits per heavy atom. The van der Waals surface area contributed by atoms with Gasteiger partial charge in [0, 0.05) is 29.9 Å². The summed E-state index contributed by atoms with van der Waals surface area (Å²) in [4.78, 5) is 41.4. The number of aromatic carboxylic acids is 1. The molecule has 0 spiro atoms. The molecule has 0 saturated carbocycles. The van der Waals surface area contributed by atoms with Crippen molar-refractivity contribution in [2.45, 2.75) is 39.5 Å². The number of alkyl carbamates (subject to hydrolysis) is 1. The lowest BCUT2D eigenvalue weighted by atomic mass is 9.76. The first-order valence-corrected chi connectivity index (χ1v) is 12.7. The van der Waals surface area contributed by atoms with Gasteiger partial charge in [0.05, 0.1) is 12.0 Å². The number of anilines is 2. The molecular weight excluding hydrogens is 482 g/mol. The molecule has 2 aliphatic heterocycles. The van der Waals surface area contributed by atoms with Crippen molar-refractivity contribution in [3.05, 3.63) is 95.1 Å². The molecule has 0 bridgehead atoms. The number of amides is 2. The average Bonchev–Trinajstić information content (AvgIpc) is 3.22. The highest BCUT2D eigenvalue weighted by atomic mass is 16.5. The van der Waals surface area contributed by atoms with Crippen molar-refractivity contribution in [2.24, 2.45) is 5.41 Å². The van der Waals surface area contributed by atoms with Gasteiger partial charge in [-0.1, -0.05) is 62.4 Å². The number of carboxylic acid groups (broad SMARTS) is 1. The fourth-order valence-corrected chi connectivity index (χ4v) is 5.61. The van der Waals surface area contributed by atoms with E-state index in [4.69, 9.17) is 4.74 Å². The maximum absolute atomic E-state index is 13.4. The number of carboxylic acids is 1. The number of carbonyl (C=O) groups is 3. The lowest BCUT2D eigenvalue weighted by Gasteiger charge is -2.52. The summed E-state index contributed by atoms with van der Waals surface area (Å²) in [5.41, 5.74) is 4.35. The van der Waals surface area contributed by atoms with Crippen LogP contribution in [0.1, 0.15) is 40.9 Å². The van der Waals surface area contributed by atoms with Crippen LogP contribution in [0.4, 0.5) is 16.2 Å². The molecule has 5 rings (SSSR count). The molecule has 8 heteroatoms. The number of hydrogen-bond donors (Lipinski definition) is 2. The van der Waals surface area contributed by atoms with E-state index in [1.165, 1.54) is 0 Å². The van der Waals surface area contributed by atoms with Gasteiger partial charge in [0.25, 0.3) is 0 Å². The highest BCUT2D eigenvalue weighted by molar-refractivity contribution is 6.02. The number of rotatable bonds is 7. The molecule has 1 unspecified atom stereocenters. The van der Waals surface area contributed by atoms with E-state index in [0.29, 0.717) is 19.4 Å². The maximum atomic E-state index is 13.4. The Labute approximate surface area is 221 Å². The van der Waals surface area contributed by atoms with Gasteiger partial charge in [-0.05, 0) is 47.4 Å². The number of fused-ring (bicyclic) bond motifs is 2. The Balaban J connectivity index is 1.41. The van der Waals surface area contributed by atoms with Gasteiger partial charge in [0.1, 0.15) is 12.8 Å². The average molecular weight is 514 g/mol. The van der Waals surface area contributed by atoms with E-state index in [2.05, 4.69) is 24.1 Å². The van der Waals surface area contributed by atoms with Crippen molar-refractivity contribution in [2.75, 3.05) is 22.9 Å². The summed E-state index contributed by atoms with van der Waals surface area (Å²) >= 11 is 0. The van der Waals surface area contributed by atoms with Crippen molar-refractivity contribution in [3.8, 4) is 0 Å². The Hall–Kier alpha value is -4.33. The number of ether oxygens (including phenoxy) is 1. The SMILES string of the molecule is CC1(C)Cc2cc(C(=O)O)ccc2N(CCNC(=O)OCc2ccccc2)C1N1C(=O)Cc2ccccc21. The summed E-state index contributed by atoms with van der Waals surface area (Å²) < 4.78 is 5.36. The van der Waals surface area contributed by atoms with Gasteiger partial charge in [-0.25, -0.2) is 9.59 Å². The molecule has 0 aliphatic carbocycles. The Kier molecular flexibility index (Phi) is 6.80. The molecule has 8 nitrogen and oxygen atoms in total. The molecule has 0 fully saturated rings. The van der Waals surface area contributed by atoms with Gasteiger partial charge < -0.3 is 20.1 Å². The highest BCUT2D eigenvalue weighted by Crippen LogP contribution is 2.46. The van der Waals surface area contributed by atoms with Crippen LogP contribution in [-0.4, -0.2) is 42.3 Å². The van der Waals surface area contributed by atoms with Crippen LogP contribution in [0.2, 0.25) is 0 Å². The van der Waals surface area contributed by atoms with Crippen molar-refractivity contribution < 1.29 is 24.2 Å². The van der Waals surface area contributed by atoms with Crippen molar-refractivity contribution >= 4 is 29.3 Å². The van der Waals surface area contributed by atoms with Crippen LogP contribution in [0.3, 0.4) is 0 Å². The van der Waals surface area contributed by atoms with Crippen LogP contribution in [0.15, 0.2) is 72.8 Å². The molecule has 2 N–H and O–H groups in total. The van der Waals surface area contributed by atoms with Crippen LogP contribution in [0, 0.1) is 5.41 Å². The quantitative estimate of drug-likeness (QED) is 0.479. The summed E-state index contributed by atoms with van der Waals surface area (Å²) in [7, 11) is 0. The van der Waals surface area contributed by atoms with E-state index in [9.17, 15) is 19.5 Å². The van der Waals surface area contributed by atoms with E-state index in [0.717, 1.165) is 28.1 Å². The lowest BCUT2D eigenvalue weighted by Crippen LogP contribution is -2.61. The second-order valence-corrected chi connectivity index (χ2v) is 10.4. The molecule has 38 heavy (non-hydrogen) atoms. The molecule has 0 saturated heterocycles. The van der Waals surface area contributed by atoms with Gasteiger partial charge in [-0.2, -0.15) is 0 Å². The van der Waals surface area contributed by atoms with E-state index < -0.39 is 17.5 Å². The normalized spacial score (nSPS) is 17.5. The topological polar surface area (TPSA) is 99.2 Å². The number of carbonyl (C=O) groups excluding carboxylic acids is 2. The van der Waals surface area contributed by atoms with Crippen molar-refractivity contribution in [3.63, 3.8) is 0 Å². The fourth-order valence-electron chi connectivity index (χ4n) is 5.61. The standard InChI is InChI=1S/C30H31N3O5/c1-30(2)18-23-16-22(27(35)36)12-13-24(23)32(15-14-31-29(37)38-19-20-8-4-3-5-9-20)28(30)33-25-11-7-6-10-21(25)17-26(33)34/h3-13,16,28H,14-15,17-19H2,1-2H3,(H,31,37)(H,35,36). The zero-order valence-electron chi connectivity index (χ0n) is 21.5. The second-order valence-electron chi connectivity index (χ2n) is 10.4. The Morgan fingerprint density at radius 2 is 1.74 bits per heavy atom. The third-order valence-corrected chi connectivity index (χ3v) is 7.22. The van der Waals surface area contributed by atoms with Gasteiger partial charge in [0.2, 0.25) is 5.91 Å². The first-order chi connectivity index (χ1) is 18.2. The second kappa shape index (κ2) is 10.2. The number of hydrogen-bond acceptors (Lipinski definition) is 5. The van der Waals surface area contributed by atoms with Crippen LogP contribution in [0.25, 0.3) is 0 Å². The van der Waals surface area contributed by atoms with Crippen LogP contribution < -0.4 is 15.1 Å². The van der Waals surface area contributed by atoms with Crippen LogP contribution in [0.5, 0.6) is 0 Å². The predicted octanol–water partition coefficient (Wildman–Crippen LogP) is 4.62. The summed E-state index contributed by atoms with van der Waals surface area (Å²) in [6.45, 7) is 5.05. The van der Waals surface area contributed by atoms with Gasteiger partial charge in [-0.15, -0.1) is 0 Å². The molecule has 3 aromatic rings. The molecule has 2 heterocycles. The van der Waals surface area contributed by atoms with Gasteiger partial charge in [0.15, 0.2) is 0 Å². The summed E-state index contributed by atoms with van der Waals surface area (Å²) in [6, 6.07) is 22.4. The first kappa shape index (κ1) is 25.3. The van der Waals surface area contributed by atoms with Gasteiger partial charge in [-0.3, -0.25) is 9.69 Å². The number of benzene rings is 3. The minimum absolute atomic E-state index is 0.0233. The molecule has 0 aromatic heterocycles. The molecule has 1 atom stereocenters. The maximum Gasteiger partial charge on any atom is 0.407 e. The third kappa shape index (κ3) is 4.94. The molecule has 196 valence electrons. The Morgan fingerprint density at radius 1 is 1.00 bits per heavy atom. The zero-order valence-corrected chi connectivity index (χ0v) is 21.5. The molecule has 0 radical (unpaired) electrons. The fraction of sp³-hybridized carbons (Fsp3) is 0.300. The van der Waals surface area contributed by atoms with E-state index in [1.807, 2.05) is 59.5 Å². The minimum Gasteiger partial charge on any atom is -0.478 e. The third-order valence-electron chi connectivity index (χ3n) is 7.22. The highest BCUT2D eigenvalue weighted by Gasteiger charge is 2.47. The minimum atomic E-state index is -0.981. The summed E-state index contributed by atoms with van der Waals surface area (Å²) in [5.74, 6) is -0.958. The zero-order chi connectivity index (χ0) is 26.9. The molecule has 2 aliphatic rings. The predicted molar refractivity (Wildman–Crippen MR) is 144 cm³/mol. The first-order valence-electron chi connectivity index (χ1n) is 12.7. The van der Waals surface area contributed by atoms with Crippen LogP contribution >= 0.6 is 0 Å². The van der Waals surface area contributed by atoms with Gasteiger partial charge >= 0.3 is 12.1 Å².